The molecular formula is C23H26F3N3O2. The van der Waals surface area contributed by atoms with Crippen LogP contribution < -0.4 is 15.5 Å². The molecule has 1 fully saturated rings. The van der Waals surface area contributed by atoms with Crippen LogP contribution in [0.3, 0.4) is 0 Å². The topological polar surface area (TPSA) is 61.4 Å². The third-order valence-corrected chi connectivity index (χ3v) is 5.40. The molecule has 2 aromatic carbocycles. The van der Waals surface area contributed by atoms with Gasteiger partial charge in [-0.05, 0) is 55.3 Å². The molecule has 166 valence electrons. The first-order chi connectivity index (χ1) is 14.6. The molecule has 1 aliphatic carbocycles. The van der Waals surface area contributed by atoms with Crippen molar-refractivity contribution in [3.05, 3.63) is 59.2 Å². The van der Waals surface area contributed by atoms with E-state index in [9.17, 15) is 22.8 Å². The molecular weight excluding hydrogens is 407 g/mol. The van der Waals surface area contributed by atoms with Gasteiger partial charge in [0.1, 0.15) is 0 Å². The van der Waals surface area contributed by atoms with Crippen molar-refractivity contribution in [3.8, 4) is 0 Å². The van der Waals surface area contributed by atoms with Gasteiger partial charge in [0.15, 0.2) is 0 Å². The Balaban J connectivity index is 1.77. The van der Waals surface area contributed by atoms with Crippen LogP contribution >= 0.6 is 0 Å². The Labute approximate surface area is 179 Å². The molecule has 5 nitrogen and oxygen atoms in total. The first-order valence-electron chi connectivity index (χ1n) is 10.3. The van der Waals surface area contributed by atoms with Crippen molar-refractivity contribution in [3.63, 3.8) is 0 Å². The lowest BCUT2D eigenvalue weighted by atomic mass is 9.95. The number of alkyl halides is 3. The molecule has 2 amide bonds. The van der Waals surface area contributed by atoms with Crippen LogP contribution in [-0.4, -0.2) is 32.0 Å². The summed E-state index contributed by atoms with van der Waals surface area (Å²) < 4.78 is 38.1. The van der Waals surface area contributed by atoms with Gasteiger partial charge in [-0.2, -0.15) is 13.2 Å². The summed E-state index contributed by atoms with van der Waals surface area (Å²) in [5.74, 6) is -0.758. The summed E-state index contributed by atoms with van der Waals surface area (Å²) in [5, 5.41) is 5.74. The van der Waals surface area contributed by atoms with E-state index < -0.39 is 17.6 Å². The molecule has 31 heavy (non-hydrogen) atoms. The van der Waals surface area contributed by atoms with Crippen LogP contribution in [0.4, 0.5) is 24.5 Å². The summed E-state index contributed by atoms with van der Waals surface area (Å²) in [5.41, 5.74) is 0.810. The van der Waals surface area contributed by atoms with E-state index in [0.29, 0.717) is 16.9 Å². The summed E-state index contributed by atoms with van der Waals surface area (Å²) in [4.78, 5) is 27.2. The zero-order chi connectivity index (χ0) is 22.6. The minimum Gasteiger partial charge on any atom is -0.377 e. The van der Waals surface area contributed by atoms with Crippen LogP contribution in [0.15, 0.2) is 42.5 Å². The fourth-order valence-electron chi connectivity index (χ4n) is 3.71. The van der Waals surface area contributed by atoms with Crippen LogP contribution in [0.1, 0.15) is 58.4 Å². The third-order valence-electron chi connectivity index (χ3n) is 5.40. The Morgan fingerprint density at radius 1 is 0.935 bits per heavy atom. The summed E-state index contributed by atoms with van der Waals surface area (Å²) in [6, 6.07) is 9.12. The first kappa shape index (κ1) is 22.7. The smallest absolute Gasteiger partial charge is 0.377 e. The van der Waals surface area contributed by atoms with E-state index in [1.165, 1.54) is 6.42 Å². The van der Waals surface area contributed by atoms with Crippen LogP contribution in [0.2, 0.25) is 0 Å². The Kier molecular flexibility index (Phi) is 6.87. The molecule has 0 aromatic heterocycles. The van der Waals surface area contributed by atoms with E-state index in [4.69, 9.17) is 0 Å². The summed E-state index contributed by atoms with van der Waals surface area (Å²) in [7, 11) is 3.65. The van der Waals surface area contributed by atoms with Crippen LogP contribution in [0.25, 0.3) is 0 Å². The van der Waals surface area contributed by atoms with Crippen LogP contribution in [-0.2, 0) is 6.18 Å². The summed E-state index contributed by atoms with van der Waals surface area (Å²) >= 11 is 0. The molecule has 1 saturated carbocycles. The molecule has 0 heterocycles. The fraction of sp³-hybridized carbons (Fsp3) is 0.391. The fourth-order valence-corrected chi connectivity index (χ4v) is 3.71. The number of anilines is 2. The van der Waals surface area contributed by atoms with E-state index in [2.05, 4.69) is 10.6 Å². The second kappa shape index (κ2) is 9.41. The van der Waals surface area contributed by atoms with Gasteiger partial charge in [0.2, 0.25) is 0 Å². The molecule has 0 aliphatic heterocycles. The number of carbonyl (C=O) groups excluding carboxylic acids is 2. The molecule has 0 radical (unpaired) electrons. The quantitative estimate of drug-likeness (QED) is 0.691. The molecule has 0 unspecified atom stereocenters. The lowest BCUT2D eigenvalue weighted by Crippen LogP contribution is -2.36. The van der Waals surface area contributed by atoms with Crippen LogP contribution in [0.5, 0.6) is 0 Å². The summed E-state index contributed by atoms with van der Waals surface area (Å²) in [6.07, 6.45) is 0.808. The molecule has 3 rings (SSSR count). The van der Waals surface area contributed by atoms with Gasteiger partial charge in [0, 0.05) is 37.1 Å². The van der Waals surface area contributed by atoms with Gasteiger partial charge in [-0.1, -0.05) is 19.3 Å². The predicted octanol–water partition coefficient (Wildman–Crippen LogP) is 5.09. The minimum absolute atomic E-state index is 0.0953. The van der Waals surface area contributed by atoms with Crippen molar-refractivity contribution in [2.24, 2.45) is 0 Å². The van der Waals surface area contributed by atoms with Gasteiger partial charge < -0.3 is 15.5 Å². The minimum atomic E-state index is -4.46. The highest BCUT2D eigenvalue weighted by Crippen LogP contribution is 2.29. The molecule has 0 spiro atoms. The van der Waals surface area contributed by atoms with Gasteiger partial charge in [0.25, 0.3) is 11.8 Å². The maximum absolute atomic E-state index is 12.9. The lowest BCUT2D eigenvalue weighted by molar-refractivity contribution is -0.137. The zero-order valence-corrected chi connectivity index (χ0v) is 17.6. The number of benzene rings is 2. The molecule has 2 aromatic rings. The van der Waals surface area contributed by atoms with Gasteiger partial charge in [0.05, 0.1) is 11.1 Å². The molecule has 8 heteroatoms. The molecule has 2 N–H and O–H groups in total. The van der Waals surface area contributed by atoms with Gasteiger partial charge in [-0.3, -0.25) is 9.59 Å². The maximum atomic E-state index is 12.9. The van der Waals surface area contributed by atoms with Crippen molar-refractivity contribution in [2.75, 3.05) is 24.3 Å². The number of hydrogen-bond acceptors (Lipinski definition) is 3. The molecule has 0 bridgehead atoms. The number of nitrogens with one attached hydrogen (secondary N) is 2. The Hall–Kier alpha value is -3.03. The van der Waals surface area contributed by atoms with Crippen LogP contribution in [0, 0.1) is 0 Å². The number of carbonyl (C=O) groups is 2. The van der Waals surface area contributed by atoms with Crippen molar-refractivity contribution in [1.29, 1.82) is 0 Å². The number of halogens is 3. The Bertz CT molecular complexity index is 934. The average Bonchev–Trinajstić information content (AvgIpc) is 2.73. The van der Waals surface area contributed by atoms with Crippen molar-refractivity contribution in [2.45, 2.75) is 44.3 Å². The third kappa shape index (κ3) is 5.77. The van der Waals surface area contributed by atoms with E-state index in [0.717, 1.165) is 49.9 Å². The monoisotopic (exact) mass is 433 g/mol. The average molecular weight is 433 g/mol. The lowest BCUT2D eigenvalue weighted by Gasteiger charge is -2.24. The van der Waals surface area contributed by atoms with Crippen molar-refractivity contribution < 1.29 is 22.8 Å². The Morgan fingerprint density at radius 3 is 2.16 bits per heavy atom. The normalized spacial score (nSPS) is 14.7. The highest BCUT2D eigenvalue weighted by Gasteiger charge is 2.30. The highest BCUT2D eigenvalue weighted by molar-refractivity contribution is 6.06. The largest absolute Gasteiger partial charge is 0.416 e. The molecule has 1 aliphatic rings. The van der Waals surface area contributed by atoms with Gasteiger partial charge >= 0.3 is 6.18 Å². The van der Waals surface area contributed by atoms with Gasteiger partial charge in [-0.15, -0.1) is 0 Å². The second-order valence-corrected chi connectivity index (χ2v) is 7.96. The van der Waals surface area contributed by atoms with E-state index in [1.54, 1.807) is 18.2 Å². The maximum Gasteiger partial charge on any atom is 0.416 e. The van der Waals surface area contributed by atoms with E-state index >= 15 is 0 Å². The van der Waals surface area contributed by atoms with Crippen molar-refractivity contribution in [1.82, 2.24) is 5.32 Å². The number of nitrogens with zero attached hydrogens (tertiary/aromatic N) is 1. The zero-order valence-electron chi connectivity index (χ0n) is 17.6. The Morgan fingerprint density at radius 2 is 1.58 bits per heavy atom. The predicted molar refractivity (Wildman–Crippen MR) is 115 cm³/mol. The molecule has 0 atom stereocenters. The first-order valence-corrected chi connectivity index (χ1v) is 10.3. The standard InChI is InChI=1S/C23H26F3N3O2/c1-29(2)20-13-12-18(14-19(20)22(31)27-17-6-4-3-5-7-17)28-21(30)15-8-10-16(11-9-15)23(24,25)26/h8-14,17H,3-7H2,1-2H3,(H,27,31)(H,28,30). The SMILES string of the molecule is CN(C)c1ccc(NC(=O)c2ccc(C(F)(F)F)cc2)cc1C(=O)NC1CCCCC1. The molecule has 0 saturated heterocycles. The number of rotatable bonds is 5. The summed E-state index contributed by atoms with van der Waals surface area (Å²) in [6.45, 7) is 0. The van der Waals surface area contributed by atoms with Gasteiger partial charge in [-0.25, -0.2) is 0 Å². The highest BCUT2D eigenvalue weighted by atomic mass is 19.4. The number of hydrogen-bond donors (Lipinski definition) is 2. The van der Waals surface area contributed by atoms with Crippen molar-refractivity contribution >= 4 is 23.2 Å². The van der Waals surface area contributed by atoms with E-state index in [1.807, 2.05) is 19.0 Å². The number of amides is 2. The second-order valence-electron chi connectivity index (χ2n) is 7.96. The van der Waals surface area contributed by atoms with E-state index in [-0.39, 0.29) is 17.5 Å².